The van der Waals surface area contributed by atoms with Crippen molar-refractivity contribution in [3.05, 3.63) is 101 Å². The van der Waals surface area contributed by atoms with Crippen LogP contribution in [0.5, 0.6) is 0 Å². The summed E-state index contributed by atoms with van der Waals surface area (Å²) in [5, 5.41) is 14.2. The molecule has 0 fully saturated rings. The zero-order valence-electron chi connectivity index (χ0n) is 16.9. The highest BCUT2D eigenvalue weighted by Crippen LogP contribution is 2.26. The number of anilines is 1. The molecule has 0 saturated heterocycles. The van der Waals surface area contributed by atoms with Crippen molar-refractivity contribution >= 4 is 28.3 Å². The number of nitrogens with zero attached hydrogens (tertiary/aromatic N) is 4. The Hall–Kier alpha value is -4.86. The third-order valence-corrected chi connectivity index (χ3v) is 5.08. The standard InChI is InChI=1S/C23H15FN6O3/c24-16-4-7-18-19(12-16)28-22(27-18)14-1-5-17(6-2-14)26-23(31)15-3-8-20(21(11-15)30(32)33)29-10-9-25-13-29/h1-13H,(H,26,31)(H,27,28). The van der Waals surface area contributed by atoms with Crippen LogP contribution >= 0.6 is 0 Å². The van der Waals surface area contributed by atoms with Gasteiger partial charge in [0, 0.05) is 35.3 Å². The molecule has 162 valence electrons. The van der Waals surface area contributed by atoms with Crippen LogP contribution in [0.15, 0.2) is 79.4 Å². The van der Waals surface area contributed by atoms with Crippen molar-refractivity contribution in [2.45, 2.75) is 0 Å². The number of nitrogens with one attached hydrogen (secondary N) is 2. The fraction of sp³-hybridized carbons (Fsp3) is 0. The lowest BCUT2D eigenvalue weighted by Crippen LogP contribution is -2.12. The fourth-order valence-corrected chi connectivity index (χ4v) is 3.46. The van der Waals surface area contributed by atoms with Crippen LogP contribution in [0.4, 0.5) is 15.8 Å². The number of hydrogen-bond donors (Lipinski definition) is 2. The van der Waals surface area contributed by atoms with Crippen LogP contribution in [-0.4, -0.2) is 30.3 Å². The van der Waals surface area contributed by atoms with Crippen molar-refractivity contribution in [2.24, 2.45) is 0 Å². The molecule has 0 unspecified atom stereocenters. The normalized spacial score (nSPS) is 10.9. The molecular formula is C23H15FN6O3. The SMILES string of the molecule is O=C(Nc1ccc(-c2nc3ccc(F)cc3[nH]2)cc1)c1ccc(-n2ccnc2)c([N+](=O)[O-])c1. The van der Waals surface area contributed by atoms with Gasteiger partial charge in [-0.15, -0.1) is 0 Å². The van der Waals surface area contributed by atoms with Gasteiger partial charge in [-0.1, -0.05) is 0 Å². The van der Waals surface area contributed by atoms with Crippen molar-refractivity contribution in [3.63, 3.8) is 0 Å². The number of aromatic amines is 1. The number of H-pyrrole nitrogens is 1. The second-order valence-electron chi connectivity index (χ2n) is 7.21. The number of imidazole rings is 2. The minimum absolute atomic E-state index is 0.147. The smallest absolute Gasteiger partial charge is 0.294 e. The lowest BCUT2D eigenvalue weighted by atomic mass is 10.1. The minimum atomic E-state index is -0.542. The predicted molar refractivity (Wildman–Crippen MR) is 120 cm³/mol. The third kappa shape index (κ3) is 3.92. The highest BCUT2D eigenvalue weighted by molar-refractivity contribution is 6.05. The first kappa shape index (κ1) is 20.1. The number of halogens is 1. The summed E-state index contributed by atoms with van der Waals surface area (Å²) >= 11 is 0. The molecule has 3 aromatic carbocycles. The second-order valence-corrected chi connectivity index (χ2v) is 7.21. The average molecular weight is 442 g/mol. The number of nitro benzene ring substituents is 1. The molecule has 9 nitrogen and oxygen atoms in total. The molecule has 10 heteroatoms. The van der Waals surface area contributed by atoms with E-state index in [0.717, 1.165) is 5.56 Å². The highest BCUT2D eigenvalue weighted by Gasteiger charge is 2.19. The number of benzene rings is 3. The van der Waals surface area contributed by atoms with Crippen LogP contribution in [0.1, 0.15) is 10.4 Å². The molecule has 5 aromatic rings. The fourth-order valence-electron chi connectivity index (χ4n) is 3.46. The molecule has 0 radical (unpaired) electrons. The second kappa shape index (κ2) is 8.00. The zero-order chi connectivity index (χ0) is 22.9. The molecule has 0 aliphatic heterocycles. The van der Waals surface area contributed by atoms with E-state index in [1.165, 1.54) is 47.4 Å². The van der Waals surface area contributed by atoms with Crippen LogP contribution in [-0.2, 0) is 0 Å². The summed E-state index contributed by atoms with van der Waals surface area (Å²) in [6.07, 6.45) is 4.54. The van der Waals surface area contributed by atoms with Gasteiger partial charge >= 0.3 is 0 Å². The quantitative estimate of drug-likeness (QED) is 0.302. The summed E-state index contributed by atoms with van der Waals surface area (Å²) in [6.45, 7) is 0. The maximum absolute atomic E-state index is 13.4. The summed E-state index contributed by atoms with van der Waals surface area (Å²) < 4.78 is 14.9. The van der Waals surface area contributed by atoms with Crippen molar-refractivity contribution in [1.29, 1.82) is 0 Å². The van der Waals surface area contributed by atoms with E-state index in [4.69, 9.17) is 0 Å². The number of hydrogen-bond acceptors (Lipinski definition) is 5. The highest BCUT2D eigenvalue weighted by atomic mass is 19.1. The first-order valence-corrected chi connectivity index (χ1v) is 9.82. The summed E-state index contributed by atoms with van der Waals surface area (Å²) in [7, 11) is 0. The largest absolute Gasteiger partial charge is 0.338 e. The monoisotopic (exact) mass is 442 g/mol. The Balaban J connectivity index is 1.36. The molecule has 33 heavy (non-hydrogen) atoms. The molecule has 0 atom stereocenters. The predicted octanol–water partition coefficient (Wildman–Crippen LogP) is 4.72. The Labute approximate surface area is 185 Å². The molecule has 0 aliphatic carbocycles. The van der Waals surface area contributed by atoms with Gasteiger partial charge in [0.05, 0.1) is 22.3 Å². The van der Waals surface area contributed by atoms with E-state index in [1.54, 1.807) is 36.5 Å². The molecule has 0 saturated carbocycles. The van der Waals surface area contributed by atoms with Crippen LogP contribution < -0.4 is 5.32 Å². The number of amides is 1. The number of carbonyl (C=O) groups excluding carboxylic acids is 1. The first-order valence-electron chi connectivity index (χ1n) is 9.82. The van der Waals surface area contributed by atoms with Crippen molar-refractivity contribution < 1.29 is 14.1 Å². The number of carbonyl (C=O) groups is 1. The van der Waals surface area contributed by atoms with Crippen LogP contribution in [0.3, 0.4) is 0 Å². The van der Waals surface area contributed by atoms with E-state index in [1.807, 2.05) is 0 Å². The van der Waals surface area contributed by atoms with E-state index in [9.17, 15) is 19.3 Å². The maximum atomic E-state index is 13.4. The molecular weight excluding hydrogens is 427 g/mol. The molecule has 2 aromatic heterocycles. The first-order chi connectivity index (χ1) is 16.0. The molecule has 0 spiro atoms. The van der Waals surface area contributed by atoms with Crippen molar-refractivity contribution in [1.82, 2.24) is 19.5 Å². The molecule has 5 rings (SSSR count). The van der Waals surface area contributed by atoms with E-state index in [-0.39, 0.29) is 17.1 Å². The van der Waals surface area contributed by atoms with Crippen LogP contribution in [0, 0.1) is 15.9 Å². The summed E-state index contributed by atoms with van der Waals surface area (Å²) in [5.41, 5.74) is 2.74. The lowest BCUT2D eigenvalue weighted by molar-refractivity contribution is -0.384. The van der Waals surface area contributed by atoms with E-state index in [0.29, 0.717) is 28.2 Å². The van der Waals surface area contributed by atoms with E-state index >= 15 is 0 Å². The van der Waals surface area contributed by atoms with E-state index < -0.39 is 10.8 Å². The Bertz CT molecular complexity index is 1490. The van der Waals surface area contributed by atoms with Gasteiger partial charge in [-0.25, -0.2) is 14.4 Å². The molecule has 0 aliphatic rings. The Morgan fingerprint density at radius 1 is 1.09 bits per heavy atom. The Kier molecular flexibility index (Phi) is 4.87. The van der Waals surface area contributed by atoms with Gasteiger partial charge in [0.15, 0.2) is 0 Å². The lowest BCUT2D eigenvalue weighted by Gasteiger charge is -2.08. The number of fused-ring (bicyclic) bond motifs is 1. The third-order valence-electron chi connectivity index (χ3n) is 5.08. The maximum Gasteiger partial charge on any atom is 0.294 e. The molecule has 2 N–H and O–H groups in total. The Morgan fingerprint density at radius 3 is 2.64 bits per heavy atom. The van der Waals surface area contributed by atoms with Gasteiger partial charge in [-0.05, 0) is 54.6 Å². The Morgan fingerprint density at radius 2 is 1.91 bits per heavy atom. The van der Waals surface area contributed by atoms with Crippen LogP contribution in [0.25, 0.3) is 28.1 Å². The minimum Gasteiger partial charge on any atom is -0.338 e. The summed E-state index contributed by atoms with van der Waals surface area (Å²) in [5.74, 6) is -0.268. The van der Waals surface area contributed by atoms with Gasteiger partial charge in [-0.3, -0.25) is 14.9 Å². The number of rotatable bonds is 5. The number of aromatic nitrogens is 4. The van der Waals surface area contributed by atoms with Gasteiger partial charge in [-0.2, -0.15) is 0 Å². The molecule has 2 heterocycles. The van der Waals surface area contributed by atoms with Crippen molar-refractivity contribution in [3.8, 4) is 17.1 Å². The van der Waals surface area contributed by atoms with Gasteiger partial charge < -0.3 is 14.9 Å². The van der Waals surface area contributed by atoms with E-state index in [2.05, 4.69) is 20.3 Å². The zero-order valence-corrected chi connectivity index (χ0v) is 16.9. The molecule has 0 bridgehead atoms. The van der Waals surface area contributed by atoms with Gasteiger partial charge in [0.25, 0.3) is 11.6 Å². The van der Waals surface area contributed by atoms with Gasteiger partial charge in [0.1, 0.15) is 17.3 Å². The molecule has 1 amide bonds. The summed E-state index contributed by atoms with van der Waals surface area (Å²) in [4.78, 5) is 35.1. The average Bonchev–Trinajstić information content (AvgIpc) is 3.49. The van der Waals surface area contributed by atoms with Crippen molar-refractivity contribution in [2.75, 3.05) is 5.32 Å². The van der Waals surface area contributed by atoms with Gasteiger partial charge in [0.2, 0.25) is 0 Å². The topological polar surface area (TPSA) is 119 Å². The summed E-state index contributed by atoms with van der Waals surface area (Å²) in [6, 6.07) is 15.5. The number of nitro groups is 1. The van der Waals surface area contributed by atoms with Crippen LogP contribution in [0.2, 0.25) is 0 Å².